The molecule has 2 fully saturated rings. The van der Waals surface area contributed by atoms with Gasteiger partial charge in [-0.05, 0) is 45.1 Å². The molecule has 2 heterocycles. The minimum Gasteiger partial charge on any atom is -0.385 e. The van der Waals surface area contributed by atoms with E-state index in [1.165, 1.54) is 17.5 Å². The largest absolute Gasteiger partial charge is 0.385 e. The summed E-state index contributed by atoms with van der Waals surface area (Å²) in [4.78, 5) is 0. The molecule has 0 radical (unpaired) electrons. The molecular formula is C16H22O2S. The predicted molar refractivity (Wildman–Crippen MR) is 78.6 cm³/mol. The van der Waals surface area contributed by atoms with E-state index < -0.39 is 16.4 Å². The summed E-state index contributed by atoms with van der Waals surface area (Å²) in [6.07, 6.45) is 4.52. The van der Waals surface area contributed by atoms with Gasteiger partial charge in [-0.3, -0.25) is 4.21 Å². The maximum absolute atomic E-state index is 12.3. The summed E-state index contributed by atoms with van der Waals surface area (Å²) < 4.78 is 12.3. The predicted octanol–water partition coefficient (Wildman–Crippen LogP) is 2.95. The highest BCUT2D eigenvalue weighted by atomic mass is 32.2. The molecule has 0 amide bonds. The van der Waals surface area contributed by atoms with E-state index in [1.54, 1.807) is 0 Å². The van der Waals surface area contributed by atoms with Gasteiger partial charge in [-0.25, -0.2) is 0 Å². The van der Waals surface area contributed by atoms with Crippen LogP contribution in [0, 0.1) is 13.8 Å². The van der Waals surface area contributed by atoms with Gasteiger partial charge in [0.2, 0.25) is 0 Å². The van der Waals surface area contributed by atoms with Crippen LogP contribution in [0.4, 0.5) is 0 Å². The van der Waals surface area contributed by atoms with Crippen LogP contribution in [0.5, 0.6) is 0 Å². The number of hydrogen-bond acceptors (Lipinski definition) is 2. The SMILES string of the molecule is Cc1cc(C)cc(C2(O)CC3CCCC(C2)S3=O)c1. The van der Waals surface area contributed by atoms with Gasteiger partial charge in [0, 0.05) is 21.3 Å². The third kappa shape index (κ3) is 2.38. The van der Waals surface area contributed by atoms with Crippen LogP contribution in [-0.4, -0.2) is 19.8 Å². The van der Waals surface area contributed by atoms with Gasteiger partial charge < -0.3 is 5.11 Å². The van der Waals surface area contributed by atoms with Crippen molar-refractivity contribution in [2.24, 2.45) is 0 Å². The first-order valence-corrected chi connectivity index (χ1v) is 8.46. The quantitative estimate of drug-likeness (QED) is 0.857. The summed E-state index contributed by atoms with van der Waals surface area (Å²) in [5.41, 5.74) is 2.65. The monoisotopic (exact) mass is 278 g/mol. The van der Waals surface area contributed by atoms with Gasteiger partial charge in [-0.2, -0.15) is 0 Å². The second-order valence-electron chi connectivity index (χ2n) is 6.32. The van der Waals surface area contributed by atoms with Gasteiger partial charge in [0.25, 0.3) is 0 Å². The molecule has 2 aliphatic heterocycles. The zero-order chi connectivity index (χ0) is 13.6. The Balaban J connectivity index is 1.97. The molecule has 2 nitrogen and oxygen atoms in total. The minimum atomic E-state index is -0.763. The van der Waals surface area contributed by atoms with Crippen molar-refractivity contribution < 1.29 is 9.32 Å². The number of aliphatic hydroxyl groups is 1. The fraction of sp³-hybridized carbons (Fsp3) is 0.625. The lowest BCUT2D eigenvalue weighted by molar-refractivity contribution is 0.00644. The smallest absolute Gasteiger partial charge is 0.0919 e. The zero-order valence-corrected chi connectivity index (χ0v) is 12.5. The summed E-state index contributed by atoms with van der Waals surface area (Å²) in [7, 11) is -0.727. The van der Waals surface area contributed by atoms with E-state index in [9.17, 15) is 9.32 Å². The minimum absolute atomic E-state index is 0.193. The fourth-order valence-electron chi connectivity index (χ4n) is 3.76. The van der Waals surface area contributed by atoms with Gasteiger partial charge in [0.1, 0.15) is 0 Å². The Kier molecular flexibility index (Phi) is 3.30. The Bertz CT molecular complexity index is 487. The van der Waals surface area contributed by atoms with Crippen LogP contribution < -0.4 is 0 Å². The molecule has 0 saturated carbocycles. The van der Waals surface area contributed by atoms with Crippen molar-refractivity contribution >= 4 is 10.8 Å². The fourth-order valence-corrected chi connectivity index (χ4v) is 5.98. The number of hydrogen-bond donors (Lipinski definition) is 1. The molecule has 2 atom stereocenters. The van der Waals surface area contributed by atoms with E-state index in [1.807, 2.05) is 0 Å². The number of rotatable bonds is 1. The van der Waals surface area contributed by atoms with Gasteiger partial charge in [-0.15, -0.1) is 0 Å². The van der Waals surface area contributed by atoms with Crippen LogP contribution in [0.1, 0.15) is 48.8 Å². The molecule has 3 rings (SSSR count). The van der Waals surface area contributed by atoms with Crippen molar-refractivity contribution in [2.45, 2.75) is 62.1 Å². The number of benzene rings is 1. The third-order valence-electron chi connectivity index (χ3n) is 4.60. The van der Waals surface area contributed by atoms with Gasteiger partial charge in [-0.1, -0.05) is 35.7 Å². The van der Waals surface area contributed by atoms with Crippen molar-refractivity contribution in [2.75, 3.05) is 0 Å². The van der Waals surface area contributed by atoms with Crippen LogP contribution in [0.2, 0.25) is 0 Å². The lowest BCUT2D eigenvalue weighted by Gasteiger charge is -2.44. The van der Waals surface area contributed by atoms with Crippen LogP contribution in [-0.2, 0) is 16.4 Å². The average Bonchev–Trinajstić information content (AvgIpc) is 2.30. The van der Waals surface area contributed by atoms with Gasteiger partial charge >= 0.3 is 0 Å². The van der Waals surface area contributed by atoms with E-state index in [0.717, 1.165) is 18.4 Å². The topological polar surface area (TPSA) is 37.3 Å². The Morgan fingerprint density at radius 2 is 1.63 bits per heavy atom. The summed E-state index contributed by atoms with van der Waals surface area (Å²) >= 11 is 0. The Hall–Kier alpha value is -0.670. The first-order chi connectivity index (χ1) is 8.98. The Labute approximate surface area is 117 Å². The highest BCUT2D eigenvalue weighted by Crippen LogP contribution is 2.44. The van der Waals surface area contributed by atoms with Crippen LogP contribution in [0.25, 0.3) is 0 Å². The molecule has 0 aliphatic carbocycles. The normalized spacial score (nSPS) is 38.2. The van der Waals surface area contributed by atoms with Crippen molar-refractivity contribution in [3.05, 3.63) is 34.9 Å². The molecule has 2 aliphatic rings. The van der Waals surface area contributed by atoms with Gasteiger partial charge in [0.05, 0.1) is 5.60 Å². The molecule has 1 aromatic carbocycles. The Morgan fingerprint density at radius 1 is 1.11 bits per heavy atom. The third-order valence-corrected chi connectivity index (χ3v) is 6.72. The molecule has 1 N–H and O–H groups in total. The molecule has 19 heavy (non-hydrogen) atoms. The maximum atomic E-state index is 12.3. The molecule has 0 aromatic heterocycles. The molecule has 104 valence electrons. The van der Waals surface area contributed by atoms with Gasteiger partial charge in [0.15, 0.2) is 0 Å². The van der Waals surface area contributed by atoms with E-state index in [-0.39, 0.29) is 10.5 Å². The second kappa shape index (κ2) is 4.71. The standard InChI is InChI=1S/C16H22O2S/c1-11-6-12(2)8-13(7-11)16(17)9-14-4-3-5-15(10-16)19(14)18/h6-8,14-15,17H,3-5,9-10H2,1-2H3. The highest BCUT2D eigenvalue weighted by molar-refractivity contribution is 7.86. The molecule has 3 heteroatoms. The summed E-state index contributed by atoms with van der Waals surface area (Å²) in [5, 5.41) is 11.5. The van der Waals surface area contributed by atoms with E-state index in [2.05, 4.69) is 32.0 Å². The number of fused-ring (bicyclic) bond motifs is 2. The summed E-state index contributed by atoms with van der Waals surface area (Å²) in [5.74, 6) is 0. The lowest BCUT2D eigenvalue weighted by atomic mass is 9.79. The van der Waals surface area contributed by atoms with Crippen molar-refractivity contribution in [1.82, 2.24) is 0 Å². The van der Waals surface area contributed by atoms with Crippen molar-refractivity contribution in [3.8, 4) is 0 Å². The Morgan fingerprint density at radius 3 is 2.16 bits per heavy atom. The van der Waals surface area contributed by atoms with Crippen LogP contribution in [0.3, 0.4) is 0 Å². The highest BCUT2D eigenvalue weighted by Gasteiger charge is 2.46. The number of aryl methyl sites for hydroxylation is 2. The average molecular weight is 278 g/mol. The second-order valence-corrected chi connectivity index (χ2v) is 8.31. The molecule has 1 aromatic rings. The molecule has 2 bridgehead atoms. The van der Waals surface area contributed by atoms with Crippen LogP contribution >= 0.6 is 0 Å². The van der Waals surface area contributed by atoms with Crippen molar-refractivity contribution in [3.63, 3.8) is 0 Å². The lowest BCUT2D eigenvalue weighted by Crippen LogP contribution is -2.47. The van der Waals surface area contributed by atoms with E-state index in [4.69, 9.17) is 0 Å². The summed E-state index contributed by atoms with van der Waals surface area (Å²) in [6.45, 7) is 4.14. The van der Waals surface area contributed by atoms with Crippen molar-refractivity contribution in [1.29, 1.82) is 0 Å². The van der Waals surface area contributed by atoms with Crippen LogP contribution in [0.15, 0.2) is 18.2 Å². The molecule has 0 spiro atoms. The zero-order valence-electron chi connectivity index (χ0n) is 11.7. The molecule has 2 saturated heterocycles. The van der Waals surface area contributed by atoms with E-state index in [0.29, 0.717) is 12.8 Å². The molecular weight excluding hydrogens is 256 g/mol. The summed E-state index contributed by atoms with van der Waals surface area (Å²) in [6, 6.07) is 6.32. The van der Waals surface area contributed by atoms with E-state index >= 15 is 0 Å². The maximum Gasteiger partial charge on any atom is 0.0919 e. The first-order valence-electron chi connectivity index (χ1n) is 7.18. The first kappa shape index (κ1) is 13.3. The molecule has 2 unspecified atom stereocenters.